The third kappa shape index (κ3) is 3.37. The van der Waals surface area contributed by atoms with Gasteiger partial charge >= 0.3 is 0 Å². The van der Waals surface area contributed by atoms with Gasteiger partial charge in [-0.15, -0.1) is 0 Å². The lowest BCUT2D eigenvalue weighted by Gasteiger charge is -2.37. The van der Waals surface area contributed by atoms with Crippen LogP contribution in [0.5, 0.6) is 0 Å². The van der Waals surface area contributed by atoms with E-state index in [9.17, 15) is 4.79 Å². The van der Waals surface area contributed by atoms with E-state index in [1.807, 2.05) is 36.9 Å². The van der Waals surface area contributed by atoms with Crippen LogP contribution in [0.25, 0.3) is 0 Å². The van der Waals surface area contributed by atoms with E-state index >= 15 is 0 Å². The molecule has 1 N–H and O–H groups in total. The standard InChI is InChI=1S/C16H25N3O/c1-4-19(11-14-8-5-7-13(2)18-14)15(20)16(3)9-6-10-17-12-16/h5,7-8,17H,4,6,9-12H2,1-3H3. The van der Waals surface area contributed by atoms with Gasteiger partial charge in [-0.3, -0.25) is 9.78 Å². The molecule has 2 heterocycles. The van der Waals surface area contributed by atoms with Gasteiger partial charge in [0.25, 0.3) is 0 Å². The Labute approximate surface area is 121 Å². The van der Waals surface area contributed by atoms with E-state index in [0.717, 1.165) is 43.9 Å². The monoisotopic (exact) mass is 275 g/mol. The molecule has 1 atom stereocenters. The van der Waals surface area contributed by atoms with E-state index in [2.05, 4.69) is 17.2 Å². The highest BCUT2D eigenvalue weighted by atomic mass is 16.2. The van der Waals surface area contributed by atoms with Crippen LogP contribution in [0.3, 0.4) is 0 Å². The van der Waals surface area contributed by atoms with Gasteiger partial charge in [0.15, 0.2) is 0 Å². The number of aryl methyl sites for hydroxylation is 1. The van der Waals surface area contributed by atoms with Crippen molar-refractivity contribution in [2.45, 2.75) is 40.2 Å². The van der Waals surface area contributed by atoms with Crippen LogP contribution in [0, 0.1) is 12.3 Å². The van der Waals surface area contributed by atoms with Crippen molar-refractivity contribution in [1.29, 1.82) is 0 Å². The summed E-state index contributed by atoms with van der Waals surface area (Å²) in [5.74, 6) is 0.246. The number of rotatable bonds is 4. The molecular weight excluding hydrogens is 250 g/mol. The van der Waals surface area contributed by atoms with Crippen molar-refractivity contribution in [1.82, 2.24) is 15.2 Å². The van der Waals surface area contributed by atoms with Crippen molar-refractivity contribution in [3.05, 3.63) is 29.6 Å². The molecule has 1 aliphatic rings. The largest absolute Gasteiger partial charge is 0.337 e. The Morgan fingerprint density at radius 3 is 2.90 bits per heavy atom. The Kier molecular flexibility index (Phi) is 4.76. The first-order chi connectivity index (χ1) is 9.55. The fourth-order valence-corrected chi connectivity index (χ4v) is 2.83. The lowest BCUT2D eigenvalue weighted by atomic mass is 9.81. The molecule has 1 fully saturated rings. The smallest absolute Gasteiger partial charge is 0.230 e. The molecule has 1 saturated heterocycles. The summed E-state index contributed by atoms with van der Waals surface area (Å²) in [6.45, 7) is 9.23. The van der Waals surface area contributed by atoms with Crippen LogP contribution < -0.4 is 5.32 Å². The van der Waals surface area contributed by atoms with E-state index < -0.39 is 0 Å². The third-order valence-corrected chi connectivity index (χ3v) is 4.08. The van der Waals surface area contributed by atoms with Gasteiger partial charge in [0, 0.05) is 18.8 Å². The van der Waals surface area contributed by atoms with Crippen LogP contribution in [0.1, 0.15) is 38.1 Å². The van der Waals surface area contributed by atoms with Gasteiger partial charge in [-0.2, -0.15) is 0 Å². The van der Waals surface area contributed by atoms with Crippen molar-refractivity contribution in [3.8, 4) is 0 Å². The highest BCUT2D eigenvalue weighted by molar-refractivity contribution is 5.82. The third-order valence-electron chi connectivity index (χ3n) is 4.08. The maximum absolute atomic E-state index is 12.8. The average molecular weight is 275 g/mol. The van der Waals surface area contributed by atoms with Crippen LogP contribution in [0.15, 0.2) is 18.2 Å². The summed E-state index contributed by atoms with van der Waals surface area (Å²) in [7, 11) is 0. The normalized spacial score (nSPS) is 22.6. The minimum atomic E-state index is -0.266. The summed E-state index contributed by atoms with van der Waals surface area (Å²) in [4.78, 5) is 19.2. The van der Waals surface area contributed by atoms with Crippen LogP contribution in [-0.2, 0) is 11.3 Å². The van der Waals surface area contributed by atoms with Crippen molar-refractivity contribution in [3.63, 3.8) is 0 Å². The maximum atomic E-state index is 12.8. The molecule has 2 rings (SSSR count). The Bertz CT molecular complexity index is 467. The second-order valence-electron chi connectivity index (χ2n) is 5.93. The predicted octanol–water partition coefficient (Wildman–Crippen LogP) is 2.13. The number of pyridine rings is 1. The van der Waals surface area contributed by atoms with E-state index in [1.54, 1.807) is 0 Å². The number of carbonyl (C=O) groups excluding carboxylic acids is 1. The van der Waals surface area contributed by atoms with Gasteiger partial charge in [0.2, 0.25) is 5.91 Å². The molecular formula is C16H25N3O. The number of aromatic nitrogens is 1. The fraction of sp³-hybridized carbons (Fsp3) is 0.625. The van der Waals surface area contributed by atoms with Crippen LogP contribution in [0.4, 0.5) is 0 Å². The summed E-state index contributed by atoms with van der Waals surface area (Å²) in [5.41, 5.74) is 1.70. The molecule has 1 amide bonds. The number of carbonyl (C=O) groups is 1. The molecule has 0 saturated carbocycles. The van der Waals surface area contributed by atoms with E-state index in [1.165, 1.54) is 0 Å². The predicted molar refractivity (Wildman–Crippen MR) is 80.3 cm³/mol. The molecule has 1 unspecified atom stereocenters. The quantitative estimate of drug-likeness (QED) is 0.915. The summed E-state index contributed by atoms with van der Waals surface area (Å²) in [6, 6.07) is 5.97. The van der Waals surface area contributed by atoms with Gasteiger partial charge in [-0.25, -0.2) is 0 Å². The minimum Gasteiger partial charge on any atom is -0.337 e. The Hall–Kier alpha value is -1.42. The van der Waals surface area contributed by atoms with Crippen molar-refractivity contribution >= 4 is 5.91 Å². The SMILES string of the molecule is CCN(Cc1cccc(C)n1)C(=O)C1(C)CCCNC1. The first kappa shape index (κ1) is 15.0. The molecule has 1 aromatic rings. The van der Waals surface area contributed by atoms with Crippen LogP contribution >= 0.6 is 0 Å². The van der Waals surface area contributed by atoms with Gasteiger partial charge < -0.3 is 10.2 Å². The van der Waals surface area contributed by atoms with Gasteiger partial charge in [0.1, 0.15) is 0 Å². The molecule has 1 aliphatic heterocycles. The Balaban J connectivity index is 2.09. The Morgan fingerprint density at radius 1 is 1.50 bits per heavy atom. The second kappa shape index (κ2) is 6.35. The van der Waals surface area contributed by atoms with Crippen LogP contribution in [-0.4, -0.2) is 35.4 Å². The Morgan fingerprint density at radius 2 is 2.30 bits per heavy atom. The number of nitrogens with one attached hydrogen (secondary N) is 1. The van der Waals surface area contributed by atoms with E-state index in [-0.39, 0.29) is 11.3 Å². The summed E-state index contributed by atoms with van der Waals surface area (Å²) in [5, 5.41) is 3.35. The lowest BCUT2D eigenvalue weighted by molar-refractivity contribution is -0.142. The average Bonchev–Trinajstić information content (AvgIpc) is 2.45. The first-order valence-electron chi connectivity index (χ1n) is 7.48. The number of amides is 1. The molecule has 0 aromatic carbocycles. The van der Waals surface area contributed by atoms with E-state index in [0.29, 0.717) is 6.54 Å². The highest BCUT2D eigenvalue weighted by Gasteiger charge is 2.37. The van der Waals surface area contributed by atoms with Crippen molar-refractivity contribution in [2.75, 3.05) is 19.6 Å². The van der Waals surface area contributed by atoms with Gasteiger partial charge in [0.05, 0.1) is 17.7 Å². The molecule has 4 nitrogen and oxygen atoms in total. The molecule has 0 aliphatic carbocycles. The van der Waals surface area contributed by atoms with Crippen molar-refractivity contribution < 1.29 is 4.79 Å². The molecule has 20 heavy (non-hydrogen) atoms. The number of nitrogens with zero attached hydrogens (tertiary/aromatic N) is 2. The molecule has 0 bridgehead atoms. The number of hydrogen-bond acceptors (Lipinski definition) is 3. The lowest BCUT2D eigenvalue weighted by Crippen LogP contribution is -2.50. The maximum Gasteiger partial charge on any atom is 0.230 e. The summed E-state index contributed by atoms with van der Waals surface area (Å²) in [6.07, 6.45) is 2.04. The minimum absolute atomic E-state index is 0.246. The molecule has 0 radical (unpaired) electrons. The molecule has 1 aromatic heterocycles. The number of hydrogen-bond donors (Lipinski definition) is 1. The number of piperidine rings is 1. The fourth-order valence-electron chi connectivity index (χ4n) is 2.83. The molecule has 4 heteroatoms. The topological polar surface area (TPSA) is 45.2 Å². The zero-order valence-corrected chi connectivity index (χ0v) is 12.8. The highest BCUT2D eigenvalue weighted by Crippen LogP contribution is 2.28. The zero-order chi connectivity index (χ0) is 14.6. The second-order valence-corrected chi connectivity index (χ2v) is 5.93. The van der Waals surface area contributed by atoms with Gasteiger partial charge in [-0.1, -0.05) is 6.07 Å². The summed E-state index contributed by atoms with van der Waals surface area (Å²) >= 11 is 0. The summed E-state index contributed by atoms with van der Waals surface area (Å²) < 4.78 is 0. The molecule has 0 spiro atoms. The zero-order valence-electron chi connectivity index (χ0n) is 12.8. The first-order valence-corrected chi connectivity index (χ1v) is 7.48. The van der Waals surface area contributed by atoms with Gasteiger partial charge in [-0.05, 0) is 52.3 Å². The van der Waals surface area contributed by atoms with E-state index in [4.69, 9.17) is 0 Å². The molecule has 110 valence electrons. The van der Waals surface area contributed by atoms with Crippen molar-refractivity contribution in [2.24, 2.45) is 5.41 Å². The van der Waals surface area contributed by atoms with Crippen LogP contribution in [0.2, 0.25) is 0 Å².